The van der Waals surface area contributed by atoms with Crippen LogP contribution in [0.5, 0.6) is 11.5 Å². The summed E-state index contributed by atoms with van der Waals surface area (Å²) in [6.45, 7) is 13.3. The SMILES string of the molecule is CCc1nc(C)sc1C(=O)Nc1nc2cc(C(N)=O)cc(OC)c2n1CC=CCn1c(NC(=O)c2cc(C)nn2CC)nc2cc(C(N)=O)cc(OCCCN3CCNCC3)c21. The fraction of sp³-hybridized carbons (Fsp3) is 0.381. The van der Waals surface area contributed by atoms with Crippen molar-refractivity contribution in [3.63, 3.8) is 0 Å². The van der Waals surface area contributed by atoms with Crippen LogP contribution < -0.4 is 36.9 Å². The van der Waals surface area contributed by atoms with E-state index in [-0.39, 0.29) is 42.0 Å². The number of anilines is 2. The van der Waals surface area contributed by atoms with E-state index < -0.39 is 17.7 Å². The molecule has 2 aromatic carbocycles. The van der Waals surface area contributed by atoms with E-state index in [1.807, 2.05) is 39.8 Å². The van der Waals surface area contributed by atoms with E-state index in [1.54, 1.807) is 38.1 Å². The topological polar surface area (TPSA) is 244 Å². The van der Waals surface area contributed by atoms with Crippen LogP contribution in [0.4, 0.5) is 11.9 Å². The number of benzene rings is 2. The van der Waals surface area contributed by atoms with Gasteiger partial charge in [-0.05, 0) is 63.9 Å². The summed E-state index contributed by atoms with van der Waals surface area (Å²) in [6.07, 6.45) is 5.05. The zero-order chi connectivity index (χ0) is 44.1. The number of carbonyl (C=O) groups excluding carboxylic acids is 4. The van der Waals surface area contributed by atoms with Crippen molar-refractivity contribution in [1.82, 2.24) is 44.1 Å². The Morgan fingerprint density at radius 2 is 1.44 bits per heavy atom. The highest BCUT2D eigenvalue weighted by molar-refractivity contribution is 7.13. The van der Waals surface area contributed by atoms with E-state index in [4.69, 9.17) is 30.9 Å². The lowest BCUT2D eigenvalue weighted by Gasteiger charge is -2.27. The molecule has 6 aromatic rings. The van der Waals surface area contributed by atoms with Crippen molar-refractivity contribution < 1.29 is 28.7 Å². The molecule has 20 heteroatoms. The van der Waals surface area contributed by atoms with E-state index in [1.165, 1.54) is 24.5 Å². The Hall–Kier alpha value is -6.64. The van der Waals surface area contributed by atoms with Gasteiger partial charge in [-0.15, -0.1) is 11.3 Å². The molecule has 5 heterocycles. The smallest absolute Gasteiger partial charge is 0.276 e. The first-order valence-corrected chi connectivity index (χ1v) is 21.3. The molecule has 1 saturated heterocycles. The summed E-state index contributed by atoms with van der Waals surface area (Å²) < 4.78 is 17.3. The lowest BCUT2D eigenvalue weighted by molar-refractivity contribution is 0.0991. The first kappa shape index (κ1) is 43.4. The number of aromatic nitrogens is 7. The summed E-state index contributed by atoms with van der Waals surface area (Å²) >= 11 is 1.29. The van der Waals surface area contributed by atoms with Gasteiger partial charge in [-0.25, -0.2) is 15.0 Å². The highest BCUT2D eigenvalue weighted by Crippen LogP contribution is 2.33. The minimum Gasteiger partial charge on any atom is -0.494 e. The molecule has 326 valence electrons. The number of nitrogens with one attached hydrogen (secondary N) is 3. The fourth-order valence-corrected chi connectivity index (χ4v) is 8.40. The van der Waals surface area contributed by atoms with Gasteiger partial charge in [0.25, 0.3) is 11.8 Å². The fourth-order valence-electron chi connectivity index (χ4n) is 7.50. The van der Waals surface area contributed by atoms with Crippen LogP contribution in [0, 0.1) is 13.8 Å². The first-order valence-electron chi connectivity index (χ1n) is 20.4. The molecule has 7 N–H and O–H groups in total. The third-order valence-corrected chi connectivity index (χ3v) is 11.5. The minimum absolute atomic E-state index is 0.183. The van der Waals surface area contributed by atoms with Gasteiger partial charge in [-0.2, -0.15) is 5.10 Å². The van der Waals surface area contributed by atoms with Gasteiger partial charge in [-0.1, -0.05) is 19.1 Å². The van der Waals surface area contributed by atoms with Crippen LogP contribution in [0.1, 0.15) is 77.5 Å². The number of amides is 4. The Morgan fingerprint density at radius 3 is 2.02 bits per heavy atom. The number of hydrogen-bond donors (Lipinski definition) is 5. The van der Waals surface area contributed by atoms with Gasteiger partial charge in [0.15, 0.2) is 0 Å². The standard InChI is InChI=1S/C42H51N13O6S/c1-6-28-36(62-25(4)46-28)40(59)50-42-47-29-20-26(37(43)56)22-32(60-5)34(29)53(42)14-8-9-15-54-35-30(48-41(54)49-39(58)31-19-24(3)51-55(31)7-2)21-27(38(44)57)23-33(35)61-18-10-13-52-16-11-45-12-17-52/h8-9,19-23,45H,6-7,10-18H2,1-5H3,(H2,43,56)(H2,44,57)(H,47,50,59)(H,48,49,58). The van der Waals surface area contributed by atoms with Gasteiger partial charge in [-0.3, -0.25) is 34.5 Å². The van der Waals surface area contributed by atoms with Crippen LogP contribution in [0.3, 0.4) is 0 Å². The number of hydrogen-bond acceptors (Lipinski definition) is 13. The molecule has 0 bridgehead atoms. The predicted octanol–water partition coefficient (Wildman–Crippen LogP) is 3.88. The average Bonchev–Trinajstić information content (AvgIpc) is 4.03. The second-order valence-electron chi connectivity index (χ2n) is 14.7. The molecule has 0 atom stereocenters. The summed E-state index contributed by atoms with van der Waals surface area (Å²) in [5, 5.41) is 14.5. The van der Waals surface area contributed by atoms with Crippen LogP contribution in [-0.2, 0) is 26.1 Å². The maximum absolute atomic E-state index is 13.8. The number of ether oxygens (including phenoxy) is 2. The zero-order valence-electron chi connectivity index (χ0n) is 35.4. The monoisotopic (exact) mass is 865 g/mol. The number of imidazole rings is 2. The number of fused-ring (bicyclic) bond motifs is 2. The Labute approximate surface area is 361 Å². The minimum atomic E-state index is -0.659. The molecule has 1 aliphatic rings. The number of methoxy groups -OCH3 is 1. The Kier molecular flexibility index (Phi) is 13.3. The Balaban J connectivity index is 1.25. The summed E-state index contributed by atoms with van der Waals surface area (Å²) in [5.41, 5.74) is 15.4. The van der Waals surface area contributed by atoms with Crippen LogP contribution >= 0.6 is 11.3 Å². The van der Waals surface area contributed by atoms with Gasteiger partial charge in [0.1, 0.15) is 33.1 Å². The maximum Gasteiger partial charge on any atom is 0.276 e. The molecule has 0 spiro atoms. The number of rotatable bonds is 18. The highest BCUT2D eigenvalue weighted by atomic mass is 32.1. The number of thiazole rings is 1. The number of allylic oxidation sites excluding steroid dienone is 2. The molecule has 4 amide bonds. The number of primary amides is 2. The summed E-state index contributed by atoms with van der Waals surface area (Å²) in [6, 6.07) is 7.97. The van der Waals surface area contributed by atoms with Crippen LogP contribution in [0.25, 0.3) is 22.1 Å². The van der Waals surface area contributed by atoms with E-state index in [2.05, 4.69) is 30.9 Å². The first-order chi connectivity index (χ1) is 29.9. The Bertz CT molecular complexity index is 2690. The van der Waals surface area contributed by atoms with Gasteiger partial charge in [0, 0.05) is 63.5 Å². The second-order valence-corrected chi connectivity index (χ2v) is 15.9. The van der Waals surface area contributed by atoms with Crippen molar-refractivity contribution in [2.24, 2.45) is 11.5 Å². The van der Waals surface area contributed by atoms with Crippen LogP contribution in [-0.4, -0.2) is 109 Å². The van der Waals surface area contributed by atoms with E-state index in [9.17, 15) is 19.2 Å². The zero-order valence-corrected chi connectivity index (χ0v) is 36.2. The van der Waals surface area contributed by atoms with Crippen LogP contribution in [0.15, 0.2) is 42.5 Å². The van der Waals surface area contributed by atoms with Gasteiger partial charge >= 0.3 is 0 Å². The number of piperazine rings is 1. The summed E-state index contributed by atoms with van der Waals surface area (Å²) in [7, 11) is 1.47. The van der Waals surface area contributed by atoms with Gasteiger partial charge in [0.05, 0.1) is 41.1 Å². The molecule has 0 saturated carbocycles. The van der Waals surface area contributed by atoms with Crippen molar-refractivity contribution in [1.29, 1.82) is 0 Å². The van der Waals surface area contributed by atoms with Crippen LogP contribution in [0.2, 0.25) is 0 Å². The lowest BCUT2D eigenvalue weighted by atomic mass is 10.1. The van der Waals surface area contributed by atoms with Crippen molar-refractivity contribution in [2.75, 3.05) is 57.1 Å². The number of carbonyl (C=O) groups is 4. The predicted molar refractivity (Wildman–Crippen MR) is 236 cm³/mol. The van der Waals surface area contributed by atoms with Gasteiger partial charge in [0.2, 0.25) is 23.7 Å². The molecule has 1 aliphatic heterocycles. The third-order valence-electron chi connectivity index (χ3n) is 10.5. The summed E-state index contributed by atoms with van der Waals surface area (Å²) in [4.78, 5) is 69.2. The molecule has 0 unspecified atom stereocenters. The molecular formula is C42H51N13O6S. The van der Waals surface area contributed by atoms with E-state index in [0.717, 1.165) is 44.2 Å². The molecule has 0 aliphatic carbocycles. The van der Waals surface area contributed by atoms with Crippen molar-refractivity contribution in [3.05, 3.63) is 80.6 Å². The van der Waals surface area contributed by atoms with Crippen molar-refractivity contribution >= 4 is 68.9 Å². The third kappa shape index (κ3) is 9.31. The largest absolute Gasteiger partial charge is 0.494 e. The molecule has 19 nitrogen and oxygen atoms in total. The van der Waals surface area contributed by atoms with Gasteiger partial charge < -0.3 is 40.3 Å². The van der Waals surface area contributed by atoms with E-state index >= 15 is 0 Å². The molecule has 4 aromatic heterocycles. The number of nitrogens with two attached hydrogens (primary N) is 2. The molecule has 1 fully saturated rings. The second kappa shape index (κ2) is 19.0. The normalized spacial score (nSPS) is 13.3. The molecule has 62 heavy (non-hydrogen) atoms. The molecule has 0 radical (unpaired) electrons. The molecular weight excluding hydrogens is 815 g/mol. The molecule has 7 rings (SSSR count). The Morgan fingerprint density at radius 1 is 0.839 bits per heavy atom. The number of aryl methyl sites for hydroxylation is 4. The van der Waals surface area contributed by atoms with Crippen molar-refractivity contribution in [3.8, 4) is 11.5 Å². The van der Waals surface area contributed by atoms with E-state index in [0.29, 0.717) is 75.1 Å². The highest BCUT2D eigenvalue weighted by Gasteiger charge is 2.24. The maximum atomic E-state index is 13.8. The summed E-state index contributed by atoms with van der Waals surface area (Å²) in [5.74, 6) is -0.966. The average molecular weight is 866 g/mol. The van der Waals surface area contributed by atoms with Crippen molar-refractivity contribution in [2.45, 2.75) is 60.2 Å². The number of nitrogens with zero attached hydrogens (tertiary/aromatic N) is 8. The lowest BCUT2D eigenvalue weighted by Crippen LogP contribution is -2.43. The quantitative estimate of drug-likeness (QED) is 0.0611.